The Labute approximate surface area is 65.7 Å². The molecule has 0 aromatic rings. The van der Waals surface area contributed by atoms with E-state index in [2.05, 4.69) is 12.2 Å². The summed E-state index contributed by atoms with van der Waals surface area (Å²) < 4.78 is 0. The first-order chi connectivity index (χ1) is 4.77. The highest BCUT2D eigenvalue weighted by molar-refractivity contribution is 7.99. The number of primary amides is 1. The number of hydrogen-bond donors (Lipinski definition) is 2. The summed E-state index contributed by atoms with van der Waals surface area (Å²) in [4.78, 5) is 10.1. The summed E-state index contributed by atoms with van der Waals surface area (Å²) >= 11 is 1.82. The Morgan fingerprint density at radius 2 is 2.30 bits per heavy atom. The van der Waals surface area contributed by atoms with Crippen molar-refractivity contribution in [3.8, 4) is 0 Å². The second-order valence-electron chi connectivity index (χ2n) is 1.90. The van der Waals surface area contributed by atoms with Gasteiger partial charge < -0.3 is 11.1 Å². The Balaban J connectivity index is 2.84. The lowest BCUT2D eigenvalue weighted by atomic mass is 10.6. The number of hydrogen-bond acceptors (Lipinski definition) is 2. The molecule has 60 valence electrons. The zero-order chi connectivity index (χ0) is 7.82. The molecule has 0 aromatic carbocycles. The van der Waals surface area contributed by atoms with Gasteiger partial charge in [-0.15, -0.1) is 0 Å². The summed E-state index contributed by atoms with van der Waals surface area (Å²) in [5, 5.41) is 2.52. The van der Waals surface area contributed by atoms with Crippen LogP contribution in [0.3, 0.4) is 0 Å². The fourth-order valence-electron chi connectivity index (χ4n) is 0.493. The first-order valence-corrected chi connectivity index (χ1v) is 4.54. The normalized spacial score (nSPS) is 9.30. The van der Waals surface area contributed by atoms with Crippen molar-refractivity contribution in [1.82, 2.24) is 5.32 Å². The fourth-order valence-corrected chi connectivity index (χ4v) is 1.23. The Hall–Kier alpha value is -0.380. The summed E-state index contributed by atoms with van der Waals surface area (Å²) in [7, 11) is 0. The van der Waals surface area contributed by atoms with Gasteiger partial charge in [-0.05, 0) is 12.2 Å². The van der Waals surface area contributed by atoms with E-state index in [1.807, 2.05) is 11.8 Å². The number of nitrogens with one attached hydrogen (secondary N) is 1. The molecule has 0 unspecified atom stereocenters. The molecular weight excluding hydrogens is 148 g/mol. The van der Waals surface area contributed by atoms with Crippen LogP contribution in [0.2, 0.25) is 0 Å². The van der Waals surface area contributed by atoms with Gasteiger partial charge in [-0.2, -0.15) is 11.8 Å². The van der Waals surface area contributed by atoms with E-state index < -0.39 is 6.03 Å². The molecule has 0 fully saturated rings. The van der Waals surface area contributed by atoms with E-state index in [-0.39, 0.29) is 0 Å². The topological polar surface area (TPSA) is 55.1 Å². The molecule has 0 atom stereocenters. The van der Waals surface area contributed by atoms with Gasteiger partial charge in [0.25, 0.3) is 0 Å². The molecule has 2 amide bonds. The van der Waals surface area contributed by atoms with Crippen molar-refractivity contribution in [1.29, 1.82) is 0 Å². The van der Waals surface area contributed by atoms with E-state index in [0.717, 1.165) is 11.5 Å². The highest BCUT2D eigenvalue weighted by Crippen LogP contribution is 1.99. The SMILES string of the molecule is CCCSCCNC(N)=O. The molecule has 0 heterocycles. The molecule has 4 heteroatoms. The lowest BCUT2D eigenvalue weighted by Gasteiger charge is -1.99. The van der Waals surface area contributed by atoms with E-state index >= 15 is 0 Å². The van der Waals surface area contributed by atoms with Crippen LogP contribution < -0.4 is 11.1 Å². The van der Waals surface area contributed by atoms with E-state index in [4.69, 9.17) is 5.73 Å². The highest BCUT2D eigenvalue weighted by atomic mass is 32.2. The Morgan fingerprint density at radius 3 is 2.80 bits per heavy atom. The molecule has 10 heavy (non-hydrogen) atoms. The van der Waals surface area contributed by atoms with Crippen LogP contribution in [0.15, 0.2) is 0 Å². The first kappa shape index (κ1) is 9.62. The van der Waals surface area contributed by atoms with Crippen LogP contribution in [0.1, 0.15) is 13.3 Å². The van der Waals surface area contributed by atoms with Crippen molar-refractivity contribution in [2.75, 3.05) is 18.1 Å². The molecule has 0 aliphatic heterocycles. The standard InChI is InChI=1S/C6H14N2OS/c1-2-4-10-5-3-8-6(7)9/h2-5H2,1H3,(H3,7,8,9). The third-order valence-electron chi connectivity index (χ3n) is 0.894. The largest absolute Gasteiger partial charge is 0.352 e. The van der Waals surface area contributed by atoms with Crippen molar-refractivity contribution in [2.24, 2.45) is 5.73 Å². The Bertz CT molecular complexity index is 97.7. The van der Waals surface area contributed by atoms with Crippen LogP contribution in [-0.2, 0) is 0 Å². The van der Waals surface area contributed by atoms with Crippen LogP contribution in [0, 0.1) is 0 Å². The van der Waals surface area contributed by atoms with Crippen LogP contribution in [0.4, 0.5) is 4.79 Å². The zero-order valence-electron chi connectivity index (χ0n) is 6.22. The maximum Gasteiger partial charge on any atom is 0.312 e. The van der Waals surface area contributed by atoms with Crippen LogP contribution in [0.25, 0.3) is 0 Å². The van der Waals surface area contributed by atoms with Crippen LogP contribution in [0.5, 0.6) is 0 Å². The summed E-state index contributed by atoms with van der Waals surface area (Å²) in [6, 6.07) is -0.433. The van der Waals surface area contributed by atoms with Crippen LogP contribution in [-0.4, -0.2) is 24.1 Å². The minimum absolute atomic E-state index is 0.433. The van der Waals surface area contributed by atoms with Crippen molar-refractivity contribution in [3.05, 3.63) is 0 Å². The molecule has 0 bridgehead atoms. The second-order valence-corrected chi connectivity index (χ2v) is 3.13. The molecule has 0 saturated carbocycles. The van der Waals surface area contributed by atoms with Gasteiger partial charge in [-0.3, -0.25) is 0 Å². The number of urea groups is 1. The number of carbonyl (C=O) groups is 1. The van der Waals surface area contributed by atoms with Gasteiger partial charge in [0.1, 0.15) is 0 Å². The van der Waals surface area contributed by atoms with Gasteiger partial charge in [-0.25, -0.2) is 4.79 Å². The predicted octanol–water partition coefficient (Wildman–Crippen LogP) is 0.798. The number of amides is 2. The molecule has 0 aromatic heterocycles. The Morgan fingerprint density at radius 1 is 1.60 bits per heavy atom. The maximum absolute atomic E-state index is 10.1. The third-order valence-corrected chi connectivity index (χ3v) is 2.08. The summed E-state index contributed by atoms with van der Waals surface area (Å²) in [6.07, 6.45) is 1.18. The minimum Gasteiger partial charge on any atom is -0.352 e. The molecule has 0 spiro atoms. The summed E-state index contributed by atoms with van der Waals surface area (Å²) in [5.41, 5.74) is 4.85. The first-order valence-electron chi connectivity index (χ1n) is 3.38. The molecule has 0 rings (SSSR count). The van der Waals surface area contributed by atoms with Gasteiger partial charge in [-0.1, -0.05) is 6.92 Å². The van der Waals surface area contributed by atoms with E-state index in [0.29, 0.717) is 6.54 Å². The molecule has 0 radical (unpaired) electrons. The van der Waals surface area contributed by atoms with Crippen molar-refractivity contribution in [3.63, 3.8) is 0 Å². The van der Waals surface area contributed by atoms with Crippen molar-refractivity contribution >= 4 is 17.8 Å². The molecule has 3 N–H and O–H groups in total. The lowest BCUT2D eigenvalue weighted by Crippen LogP contribution is -2.31. The zero-order valence-corrected chi connectivity index (χ0v) is 7.04. The summed E-state index contributed by atoms with van der Waals surface area (Å²) in [6.45, 7) is 2.81. The van der Waals surface area contributed by atoms with Gasteiger partial charge in [0.05, 0.1) is 0 Å². The average molecular weight is 162 g/mol. The second kappa shape index (κ2) is 6.74. The quantitative estimate of drug-likeness (QED) is 0.587. The third kappa shape index (κ3) is 7.62. The van der Waals surface area contributed by atoms with E-state index in [1.165, 1.54) is 6.42 Å². The molecular formula is C6H14N2OS. The molecule has 0 saturated heterocycles. The van der Waals surface area contributed by atoms with E-state index in [9.17, 15) is 4.79 Å². The van der Waals surface area contributed by atoms with Gasteiger partial charge >= 0.3 is 6.03 Å². The van der Waals surface area contributed by atoms with Gasteiger partial charge in [0.15, 0.2) is 0 Å². The van der Waals surface area contributed by atoms with Crippen molar-refractivity contribution < 1.29 is 4.79 Å². The van der Waals surface area contributed by atoms with Crippen molar-refractivity contribution in [2.45, 2.75) is 13.3 Å². The van der Waals surface area contributed by atoms with Gasteiger partial charge in [0, 0.05) is 12.3 Å². The molecule has 3 nitrogen and oxygen atoms in total. The number of thioether (sulfide) groups is 1. The van der Waals surface area contributed by atoms with Gasteiger partial charge in [0.2, 0.25) is 0 Å². The average Bonchev–Trinajstić information content (AvgIpc) is 1.87. The fraction of sp³-hybridized carbons (Fsp3) is 0.833. The number of rotatable bonds is 5. The number of nitrogens with two attached hydrogens (primary N) is 1. The highest BCUT2D eigenvalue weighted by Gasteiger charge is 1.89. The molecule has 0 aliphatic carbocycles. The smallest absolute Gasteiger partial charge is 0.312 e. The summed E-state index contributed by atoms with van der Waals surface area (Å²) in [5.74, 6) is 2.11. The maximum atomic E-state index is 10.1. The molecule has 0 aliphatic rings. The monoisotopic (exact) mass is 162 g/mol. The minimum atomic E-state index is -0.433. The Kier molecular flexibility index (Phi) is 6.48. The van der Waals surface area contributed by atoms with Crippen LogP contribution >= 0.6 is 11.8 Å². The lowest BCUT2D eigenvalue weighted by molar-refractivity contribution is 0.249. The van der Waals surface area contributed by atoms with E-state index in [1.54, 1.807) is 0 Å². The number of carbonyl (C=O) groups excluding carboxylic acids is 1. The predicted molar refractivity (Wildman–Crippen MR) is 45.2 cm³/mol.